The summed E-state index contributed by atoms with van der Waals surface area (Å²) in [6.07, 6.45) is 0.0953. The molecular formula is C19H16BrN3O2S. The van der Waals surface area contributed by atoms with E-state index in [9.17, 15) is 14.9 Å². The maximum atomic E-state index is 12.8. The summed E-state index contributed by atoms with van der Waals surface area (Å²) in [5.74, 6) is -0.307. The van der Waals surface area contributed by atoms with E-state index >= 15 is 0 Å². The highest BCUT2D eigenvalue weighted by Crippen LogP contribution is 2.35. The predicted molar refractivity (Wildman–Crippen MR) is 104 cm³/mol. The number of carbonyl (C=O) groups is 2. The van der Waals surface area contributed by atoms with E-state index in [1.807, 2.05) is 19.9 Å². The third-order valence-electron chi connectivity index (χ3n) is 4.04. The van der Waals surface area contributed by atoms with Crippen molar-refractivity contribution in [2.24, 2.45) is 0 Å². The third-order valence-corrected chi connectivity index (χ3v) is 5.75. The summed E-state index contributed by atoms with van der Waals surface area (Å²) in [6.45, 7) is 4.03. The first-order valence-corrected chi connectivity index (χ1v) is 9.78. The van der Waals surface area contributed by atoms with Gasteiger partial charge in [-0.05, 0) is 42.3 Å². The lowest BCUT2D eigenvalue weighted by molar-refractivity contribution is -0.121. The minimum absolute atomic E-state index is 0.0953. The molecule has 0 bridgehead atoms. The molecule has 1 saturated heterocycles. The van der Waals surface area contributed by atoms with Gasteiger partial charge < -0.3 is 0 Å². The monoisotopic (exact) mass is 429 g/mol. The average molecular weight is 430 g/mol. The molecule has 0 unspecified atom stereocenters. The molecule has 132 valence electrons. The van der Waals surface area contributed by atoms with Crippen LogP contribution in [0.4, 0.5) is 5.69 Å². The lowest BCUT2D eigenvalue weighted by atomic mass is 10.1. The molecule has 2 aromatic rings. The Morgan fingerprint density at radius 3 is 2.54 bits per heavy atom. The number of nitrogens with zero attached hydrogens (tertiary/aromatic N) is 3. The summed E-state index contributed by atoms with van der Waals surface area (Å²) in [6, 6.07) is 12.7. The van der Waals surface area contributed by atoms with Gasteiger partial charge in [0.15, 0.2) is 0 Å². The van der Waals surface area contributed by atoms with Gasteiger partial charge in [-0.2, -0.15) is 5.26 Å². The van der Waals surface area contributed by atoms with Crippen molar-refractivity contribution in [1.82, 2.24) is 4.98 Å². The molecule has 1 aliphatic heterocycles. The Hall–Kier alpha value is -2.17. The van der Waals surface area contributed by atoms with Crippen LogP contribution in [0, 0.1) is 11.3 Å². The second kappa shape index (κ2) is 7.60. The summed E-state index contributed by atoms with van der Waals surface area (Å²) < 4.78 is 0.875. The van der Waals surface area contributed by atoms with Crippen LogP contribution in [0.15, 0.2) is 45.9 Å². The Labute approximate surface area is 164 Å². The molecule has 5 nitrogen and oxygen atoms in total. The molecule has 1 fully saturated rings. The maximum Gasteiger partial charge on any atom is 0.247 e. The highest BCUT2D eigenvalue weighted by Gasteiger charge is 2.40. The number of amides is 2. The molecule has 1 atom stereocenters. The molecule has 0 radical (unpaired) electrons. The van der Waals surface area contributed by atoms with E-state index in [0.29, 0.717) is 16.3 Å². The number of halogens is 1. The van der Waals surface area contributed by atoms with Gasteiger partial charge in [0.25, 0.3) is 0 Å². The Bertz CT molecular complexity index is 906. The molecule has 26 heavy (non-hydrogen) atoms. The molecule has 2 amide bonds. The Morgan fingerprint density at radius 1 is 1.23 bits per heavy atom. The molecule has 1 aromatic heterocycles. The largest absolute Gasteiger partial charge is 0.274 e. The minimum Gasteiger partial charge on any atom is -0.274 e. The SMILES string of the molecule is CC(C)c1ccc(C#N)c(S[C@@H]2CC(=O)N(c3ccc(Br)cc3)C2=O)n1. The second-order valence-corrected chi connectivity index (χ2v) is 8.32. The van der Waals surface area contributed by atoms with Gasteiger partial charge in [0.2, 0.25) is 11.8 Å². The van der Waals surface area contributed by atoms with E-state index < -0.39 is 5.25 Å². The standard InChI is InChI=1S/C19H16BrN3O2S/c1-11(2)15-8-3-12(10-21)18(22-15)26-16-9-17(24)23(19(16)25)14-6-4-13(20)5-7-14/h3-8,11,16H,9H2,1-2H3/t16-/m1/s1. The van der Waals surface area contributed by atoms with E-state index in [2.05, 4.69) is 27.0 Å². The third kappa shape index (κ3) is 3.67. The summed E-state index contributed by atoms with van der Waals surface area (Å²) >= 11 is 4.54. The number of hydrogen-bond donors (Lipinski definition) is 0. The number of nitriles is 1. The first kappa shape index (κ1) is 18.6. The van der Waals surface area contributed by atoms with Gasteiger partial charge in [0.1, 0.15) is 11.1 Å². The lowest BCUT2D eigenvalue weighted by Crippen LogP contribution is -2.31. The summed E-state index contributed by atoms with van der Waals surface area (Å²) in [5, 5.41) is 9.25. The molecule has 0 aliphatic carbocycles. The normalized spacial score (nSPS) is 17.0. The fraction of sp³-hybridized carbons (Fsp3) is 0.263. The van der Waals surface area contributed by atoms with Crippen LogP contribution in [0.5, 0.6) is 0 Å². The highest BCUT2D eigenvalue weighted by molar-refractivity contribution is 9.10. The van der Waals surface area contributed by atoms with Gasteiger partial charge in [-0.25, -0.2) is 9.88 Å². The topological polar surface area (TPSA) is 74.1 Å². The van der Waals surface area contributed by atoms with Crippen molar-refractivity contribution in [1.29, 1.82) is 5.26 Å². The van der Waals surface area contributed by atoms with Crippen molar-refractivity contribution in [3.63, 3.8) is 0 Å². The molecule has 1 aliphatic rings. The number of anilines is 1. The number of pyridine rings is 1. The van der Waals surface area contributed by atoms with Gasteiger partial charge in [-0.1, -0.05) is 41.5 Å². The van der Waals surface area contributed by atoms with Crippen LogP contribution < -0.4 is 4.90 Å². The zero-order chi connectivity index (χ0) is 18.8. The van der Waals surface area contributed by atoms with Gasteiger partial charge in [-0.3, -0.25) is 9.59 Å². The molecule has 2 heterocycles. The number of aromatic nitrogens is 1. The van der Waals surface area contributed by atoms with E-state index in [4.69, 9.17) is 0 Å². The number of benzene rings is 1. The average Bonchev–Trinajstić information content (AvgIpc) is 2.89. The zero-order valence-corrected chi connectivity index (χ0v) is 16.7. The van der Waals surface area contributed by atoms with Gasteiger partial charge in [-0.15, -0.1) is 0 Å². The number of imide groups is 1. The van der Waals surface area contributed by atoms with Crippen molar-refractivity contribution in [3.05, 3.63) is 52.1 Å². The fourth-order valence-corrected chi connectivity index (χ4v) is 4.01. The van der Waals surface area contributed by atoms with Crippen LogP contribution in [0.3, 0.4) is 0 Å². The molecule has 0 saturated carbocycles. The van der Waals surface area contributed by atoms with Crippen LogP contribution >= 0.6 is 27.7 Å². The van der Waals surface area contributed by atoms with E-state index in [-0.39, 0.29) is 24.2 Å². The molecule has 7 heteroatoms. The van der Waals surface area contributed by atoms with Crippen molar-refractivity contribution >= 4 is 45.2 Å². The van der Waals surface area contributed by atoms with Crippen LogP contribution in [-0.2, 0) is 9.59 Å². The lowest BCUT2D eigenvalue weighted by Gasteiger charge is -2.15. The molecule has 0 N–H and O–H groups in total. The number of thioether (sulfide) groups is 1. The summed E-state index contributed by atoms with van der Waals surface area (Å²) in [7, 11) is 0. The Morgan fingerprint density at radius 2 is 1.92 bits per heavy atom. The predicted octanol–water partition coefficient (Wildman–Crippen LogP) is 4.26. The Kier molecular flexibility index (Phi) is 5.44. The van der Waals surface area contributed by atoms with Crippen molar-refractivity contribution < 1.29 is 9.59 Å². The quantitative estimate of drug-likeness (QED) is 0.678. The first-order chi connectivity index (χ1) is 12.4. The van der Waals surface area contributed by atoms with Gasteiger partial charge in [0, 0.05) is 16.6 Å². The molecule has 1 aromatic carbocycles. The summed E-state index contributed by atoms with van der Waals surface area (Å²) in [5.41, 5.74) is 1.82. The Balaban J connectivity index is 1.87. The van der Waals surface area contributed by atoms with Crippen molar-refractivity contribution in [2.75, 3.05) is 4.90 Å². The van der Waals surface area contributed by atoms with Gasteiger partial charge >= 0.3 is 0 Å². The molecule has 0 spiro atoms. The molecular weight excluding hydrogens is 414 g/mol. The van der Waals surface area contributed by atoms with Crippen LogP contribution in [-0.4, -0.2) is 22.0 Å². The number of hydrogen-bond acceptors (Lipinski definition) is 5. The maximum absolute atomic E-state index is 12.8. The van der Waals surface area contributed by atoms with Gasteiger partial charge in [0.05, 0.1) is 16.5 Å². The fourth-order valence-electron chi connectivity index (χ4n) is 2.64. The zero-order valence-electron chi connectivity index (χ0n) is 14.3. The van der Waals surface area contributed by atoms with Crippen LogP contribution in [0.25, 0.3) is 0 Å². The van der Waals surface area contributed by atoms with E-state index in [0.717, 1.165) is 10.2 Å². The second-order valence-electron chi connectivity index (χ2n) is 6.21. The van der Waals surface area contributed by atoms with Crippen LogP contribution in [0.1, 0.15) is 37.4 Å². The minimum atomic E-state index is -0.576. The number of rotatable bonds is 4. The first-order valence-electron chi connectivity index (χ1n) is 8.10. The van der Waals surface area contributed by atoms with E-state index in [1.54, 1.807) is 30.3 Å². The number of carbonyl (C=O) groups excluding carboxylic acids is 2. The highest BCUT2D eigenvalue weighted by atomic mass is 79.9. The summed E-state index contributed by atoms with van der Waals surface area (Å²) in [4.78, 5) is 30.9. The smallest absolute Gasteiger partial charge is 0.247 e. The van der Waals surface area contributed by atoms with Crippen molar-refractivity contribution in [2.45, 2.75) is 36.5 Å². The van der Waals surface area contributed by atoms with Crippen LogP contribution in [0.2, 0.25) is 0 Å². The van der Waals surface area contributed by atoms with Crippen molar-refractivity contribution in [3.8, 4) is 6.07 Å². The molecule has 3 rings (SSSR count). The van der Waals surface area contributed by atoms with E-state index in [1.165, 1.54) is 16.7 Å².